The first kappa shape index (κ1) is 30.6. The maximum absolute atomic E-state index is 3.80. The molecule has 0 amide bonds. The lowest BCUT2D eigenvalue weighted by atomic mass is 9.55. The van der Waals surface area contributed by atoms with Gasteiger partial charge in [-0.25, -0.2) is 0 Å². The molecule has 0 heterocycles. The van der Waals surface area contributed by atoms with Crippen LogP contribution < -0.4 is 5.32 Å². The van der Waals surface area contributed by atoms with Gasteiger partial charge in [0, 0.05) is 22.2 Å². The largest absolute Gasteiger partial charge is 0.356 e. The highest BCUT2D eigenvalue weighted by molar-refractivity contribution is 5.90. The second-order valence-electron chi connectivity index (χ2n) is 15.4. The zero-order valence-corrected chi connectivity index (χ0v) is 29.6. The quantitative estimate of drug-likeness (QED) is 0.201. The summed E-state index contributed by atoms with van der Waals surface area (Å²) >= 11 is 0. The molecule has 6 aromatic rings. The van der Waals surface area contributed by atoms with Gasteiger partial charge in [0.2, 0.25) is 0 Å². The zero-order chi connectivity index (χ0) is 34.3. The molecule has 1 nitrogen and oxygen atoms in total. The standard InChI is InChI=1S/C49H43N/c1-32-14-6-7-15-37(32)39-30-34(23-22-33(39)2)48(5)28-26-35(27-29-48)50-36-24-25-42-40(31-36)38-16-8-9-17-41(38)49(42)45-20-12-10-18-43(45)47(3,4)44-19-11-13-21-46(44)49/h6-28,30-31,50H,29H2,1-5H3. The Morgan fingerprint density at radius 2 is 1.08 bits per heavy atom. The molecule has 1 atom stereocenters. The first-order valence-electron chi connectivity index (χ1n) is 18.0. The second-order valence-corrected chi connectivity index (χ2v) is 15.4. The van der Waals surface area contributed by atoms with Gasteiger partial charge in [0.1, 0.15) is 0 Å². The van der Waals surface area contributed by atoms with Gasteiger partial charge < -0.3 is 5.32 Å². The third-order valence-corrected chi connectivity index (χ3v) is 12.1. The first-order valence-corrected chi connectivity index (χ1v) is 18.0. The van der Waals surface area contributed by atoms with E-state index in [1.165, 1.54) is 72.3 Å². The molecule has 1 N–H and O–H groups in total. The van der Waals surface area contributed by atoms with Crippen LogP contribution in [-0.4, -0.2) is 0 Å². The summed E-state index contributed by atoms with van der Waals surface area (Å²) < 4.78 is 0. The molecule has 0 aliphatic heterocycles. The summed E-state index contributed by atoms with van der Waals surface area (Å²) in [6.07, 6.45) is 7.96. The predicted molar refractivity (Wildman–Crippen MR) is 210 cm³/mol. The highest BCUT2D eigenvalue weighted by atomic mass is 14.9. The first-order chi connectivity index (χ1) is 24.2. The van der Waals surface area contributed by atoms with Crippen LogP contribution in [0.3, 0.4) is 0 Å². The highest BCUT2D eigenvalue weighted by Crippen LogP contribution is 2.62. The summed E-state index contributed by atoms with van der Waals surface area (Å²) in [6.45, 7) is 11.5. The molecular weight excluding hydrogens is 603 g/mol. The van der Waals surface area contributed by atoms with E-state index in [9.17, 15) is 0 Å². The van der Waals surface area contributed by atoms with E-state index < -0.39 is 0 Å². The van der Waals surface area contributed by atoms with E-state index in [0.717, 1.165) is 17.8 Å². The van der Waals surface area contributed by atoms with E-state index in [2.05, 4.69) is 192 Å². The lowest BCUT2D eigenvalue weighted by molar-refractivity contribution is 0.563. The van der Waals surface area contributed by atoms with Crippen LogP contribution in [0.5, 0.6) is 0 Å². The van der Waals surface area contributed by atoms with E-state index in [1.54, 1.807) is 0 Å². The number of nitrogens with one attached hydrogen (secondary N) is 1. The van der Waals surface area contributed by atoms with Gasteiger partial charge in [-0.2, -0.15) is 0 Å². The van der Waals surface area contributed by atoms with Crippen LogP contribution in [0, 0.1) is 13.8 Å². The summed E-state index contributed by atoms with van der Waals surface area (Å²) in [6, 6.07) is 50.1. The van der Waals surface area contributed by atoms with Gasteiger partial charge in [-0.1, -0.05) is 148 Å². The van der Waals surface area contributed by atoms with Crippen molar-refractivity contribution in [1.82, 2.24) is 0 Å². The van der Waals surface area contributed by atoms with Crippen molar-refractivity contribution in [1.29, 1.82) is 0 Å². The Bertz CT molecular complexity index is 2350. The van der Waals surface area contributed by atoms with Crippen molar-refractivity contribution >= 4 is 5.69 Å². The van der Waals surface area contributed by atoms with Crippen molar-refractivity contribution in [3.05, 3.63) is 207 Å². The summed E-state index contributed by atoms with van der Waals surface area (Å²) in [5.41, 5.74) is 19.3. The lowest BCUT2D eigenvalue weighted by Crippen LogP contribution is -2.40. The van der Waals surface area contributed by atoms with Gasteiger partial charge in [-0.3, -0.25) is 0 Å². The van der Waals surface area contributed by atoms with Crippen LogP contribution in [0.25, 0.3) is 22.3 Å². The van der Waals surface area contributed by atoms with Crippen molar-refractivity contribution in [2.24, 2.45) is 0 Å². The topological polar surface area (TPSA) is 12.0 Å². The number of hydrogen-bond acceptors (Lipinski definition) is 1. The molecule has 244 valence electrons. The Morgan fingerprint density at radius 1 is 0.500 bits per heavy atom. The second kappa shape index (κ2) is 11.1. The van der Waals surface area contributed by atoms with E-state index in [4.69, 9.17) is 0 Å². The summed E-state index contributed by atoms with van der Waals surface area (Å²) in [5, 5.41) is 3.80. The monoisotopic (exact) mass is 645 g/mol. The Kier molecular flexibility index (Phi) is 6.78. The van der Waals surface area contributed by atoms with E-state index in [-0.39, 0.29) is 16.2 Å². The van der Waals surface area contributed by atoms with E-state index in [0.29, 0.717) is 0 Å². The molecule has 1 unspecified atom stereocenters. The van der Waals surface area contributed by atoms with Crippen molar-refractivity contribution in [2.45, 2.75) is 57.3 Å². The molecule has 3 aliphatic rings. The maximum atomic E-state index is 3.80. The smallest absolute Gasteiger partial charge is 0.0719 e. The number of allylic oxidation sites excluding steroid dienone is 3. The molecule has 1 spiro atoms. The fourth-order valence-electron chi connectivity index (χ4n) is 9.29. The van der Waals surface area contributed by atoms with Gasteiger partial charge in [0.05, 0.1) is 5.41 Å². The lowest BCUT2D eigenvalue weighted by Gasteiger charge is -2.46. The molecule has 0 bridgehead atoms. The molecule has 9 rings (SSSR count). The third kappa shape index (κ3) is 4.32. The fraction of sp³-hybridized carbons (Fsp3) is 0.184. The number of fused-ring (bicyclic) bond motifs is 9. The van der Waals surface area contributed by atoms with Crippen molar-refractivity contribution in [2.75, 3.05) is 5.32 Å². The molecule has 3 aliphatic carbocycles. The average molecular weight is 646 g/mol. The minimum absolute atomic E-state index is 0.0743. The van der Waals surface area contributed by atoms with Crippen molar-refractivity contribution in [3.8, 4) is 22.3 Å². The SMILES string of the molecule is Cc1ccccc1-c1cc(C2(C)C=CC(Nc3ccc4c(c3)-c3ccccc3C43c4ccccc4C(C)(C)c4ccccc43)=CC2)ccc1C. The van der Waals surface area contributed by atoms with Crippen LogP contribution in [0.15, 0.2) is 157 Å². The number of rotatable bonds is 4. The Balaban J connectivity index is 1.08. The van der Waals surface area contributed by atoms with Gasteiger partial charge in [0.25, 0.3) is 0 Å². The van der Waals surface area contributed by atoms with Crippen molar-refractivity contribution in [3.63, 3.8) is 0 Å². The average Bonchev–Trinajstić information content (AvgIpc) is 3.43. The Labute approximate surface area is 297 Å². The minimum atomic E-state index is -0.357. The van der Waals surface area contributed by atoms with Crippen LogP contribution in [0.2, 0.25) is 0 Å². The molecule has 0 aromatic heterocycles. The minimum Gasteiger partial charge on any atom is -0.356 e. The van der Waals surface area contributed by atoms with Crippen LogP contribution in [0.1, 0.15) is 77.3 Å². The molecular formula is C49H43N. The molecule has 0 radical (unpaired) electrons. The van der Waals surface area contributed by atoms with Gasteiger partial charge in [0.15, 0.2) is 0 Å². The molecule has 0 saturated heterocycles. The number of anilines is 1. The summed E-state index contributed by atoms with van der Waals surface area (Å²) in [4.78, 5) is 0. The molecule has 1 heteroatoms. The number of benzene rings is 6. The molecule has 0 saturated carbocycles. The van der Waals surface area contributed by atoms with E-state index in [1.807, 2.05) is 0 Å². The van der Waals surface area contributed by atoms with Crippen LogP contribution >= 0.6 is 0 Å². The molecule has 6 aromatic carbocycles. The zero-order valence-electron chi connectivity index (χ0n) is 29.6. The van der Waals surface area contributed by atoms with Crippen molar-refractivity contribution < 1.29 is 0 Å². The van der Waals surface area contributed by atoms with E-state index >= 15 is 0 Å². The predicted octanol–water partition coefficient (Wildman–Crippen LogP) is 12.2. The van der Waals surface area contributed by atoms with Crippen LogP contribution in [-0.2, 0) is 16.2 Å². The summed E-state index contributed by atoms with van der Waals surface area (Å²) in [5.74, 6) is 0. The maximum Gasteiger partial charge on any atom is 0.0719 e. The highest BCUT2D eigenvalue weighted by Gasteiger charge is 2.53. The van der Waals surface area contributed by atoms with Gasteiger partial charge in [-0.15, -0.1) is 0 Å². The van der Waals surface area contributed by atoms with Gasteiger partial charge in [-0.05, 0) is 117 Å². The molecule has 0 fully saturated rings. The Morgan fingerprint density at radius 3 is 1.74 bits per heavy atom. The number of aryl methyl sites for hydroxylation is 2. The van der Waals surface area contributed by atoms with Gasteiger partial charge >= 0.3 is 0 Å². The number of hydrogen-bond donors (Lipinski definition) is 1. The third-order valence-electron chi connectivity index (χ3n) is 12.1. The van der Waals surface area contributed by atoms with Crippen LogP contribution in [0.4, 0.5) is 5.69 Å². The fourth-order valence-corrected chi connectivity index (χ4v) is 9.29. The Hall–Kier alpha value is -5.40. The molecule has 50 heavy (non-hydrogen) atoms. The normalized spacial score (nSPS) is 18.9. The summed E-state index contributed by atoms with van der Waals surface area (Å²) in [7, 11) is 0.